The van der Waals surface area contributed by atoms with Crippen LogP contribution in [0.25, 0.3) is 0 Å². The molecule has 0 radical (unpaired) electrons. The predicted molar refractivity (Wildman–Crippen MR) is 86.1 cm³/mol. The van der Waals surface area contributed by atoms with Crippen LogP contribution in [0.1, 0.15) is 47.0 Å². The van der Waals surface area contributed by atoms with Crippen LogP contribution in [-0.4, -0.2) is 49.1 Å². The topological polar surface area (TPSA) is 39.7 Å². The lowest BCUT2D eigenvalue weighted by Crippen LogP contribution is -2.56. The van der Waals surface area contributed by atoms with Gasteiger partial charge in [-0.1, -0.05) is 13.8 Å². The van der Waals surface area contributed by atoms with Gasteiger partial charge in [-0.3, -0.25) is 9.89 Å². The third kappa shape index (κ3) is 4.11. The van der Waals surface area contributed by atoms with E-state index >= 15 is 0 Å². The van der Waals surface area contributed by atoms with Gasteiger partial charge in [0.1, 0.15) is 0 Å². The van der Waals surface area contributed by atoms with Crippen molar-refractivity contribution in [3.05, 3.63) is 0 Å². The van der Waals surface area contributed by atoms with E-state index in [4.69, 9.17) is 0 Å². The molecule has 4 heteroatoms. The lowest BCUT2D eigenvalue weighted by atomic mass is 9.93. The van der Waals surface area contributed by atoms with E-state index < -0.39 is 0 Å². The molecule has 0 aromatic heterocycles. The van der Waals surface area contributed by atoms with E-state index in [9.17, 15) is 0 Å². The normalized spacial score (nSPS) is 32.0. The summed E-state index contributed by atoms with van der Waals surface area (Å²) in [5.41, 5.74) is 0.182. The highest BCUT2D eigenvalue weighted by molar-refractivity contribution is 5.80. The quantitative estimate of drug-likeness (QED) is 0.612. The molecule has 2 aliphatic rings. The maximum atomic E-state index is 4.34. The molecule has 4 nitrogen and oxygen atoms in total. The van der Waals surface area contributed by atoms with E-state index in [0.717, 1.165) is 24.3 Å². The zero-order chi connectivity index (χ0) is 14.8. The summed E-state index contributed by atoms with van der Waals surface area (Å²) in [6.45, 7) is 12.7. The molecule has 0 aromatic carbocycles. The van der Waals surface area contributed by atoms with Gasteiger partial charge in [0.15, 0.2) is 5.96 Å². The monoisotopic (exact) mass is 280 g/mol. The number of hydrogen-bond acceptors (Lipinski definition) is 2. The van der Waals surface area contributed by atoms with Gasteiger partial charge in [0.05, 0.1) is 0 Å². The molecule has 1 saturated heterocycles. The fourth-order valence-corrected chi connectivity index (χ4v) is 3.04. The number of piperidine rings is 1. The number of likely N-dealkylation sites (tertiary alicyclic amines) is 1. The van der Waals surface area contributed by atoms with Crippen LogP contribution >= 0.6 is 0 Å². The number of nitrogens with zero attached hydrogens (tertiary/aromatic N) is 2. The Morgan fingerprint density at radius 3 is 2.60 bits per heavy atom. The zero-order valence-corrected chi connectivity index (χ0v) is 13.9. The lowest BCUT2D eigenvalue weighted by molar-refractivity contribution is 0.0739. The molecule has 1 aliphatic heterocycles. The smallest absolute Gasteiger partial charge is 0.191 e. The molecule has 3 atom stereocenters. The summed E-state index contributed by atoms with van der Waals surface area (Å²) >= 11 is 0. The molecule has 116 valence electrons. The van der Waals surface area contributed by atoms with Crippen molar-refractivity contribution >= 4 is 5.96 Å². The van der Waals surface area contributed by atoms with Gasteiger partial charge in [-0.15, -0.1) is 0 Å². The van der Waals surface area contributed by atoms with Crippen molar-refractivity contribution in [3.63, 3.8) is 0 Å². The van der Waals surface area contributed by atoms with Gasteiger partial charge in [-0.25, -0.2) is 0 Å². The molecule has 0 spiro atoms. The summed E-state index contributed by atoms with van der Waals surface area (Å²) in [6, 6.07) is 0.624. The van der Waals surface area contributed by atoms with Crippen molar-refractivity contribution in [2.75, 3.05) is 26.7 Å². The van der Waals surface area contributed by atoms with Crippen LogP contribution in [0.4, 0.5) is 0 Å². The van der Waals surface area contributed by atoms with Gasteiger partial charge in [0, 0.05) is 31.7 Å². The highest BCUT2D eigenvalue weighted by atomic mass is 15.3. The second-order valence-corrected chi connectivity index (χ2v) is 7.40. The Kier molecular flexibility index (Phi) is 4.95. The Morgan fingerprint density at radius 1 is 1.35 bits per heavy atom. The standard InChI is InChI=1S/C16H32N4/c1-12-7-6-8-20(10-12)16(3,4)11-18-15(17-5)19-14-9-13(14)2/h12-14H,6-11H2,1-5H3,(H2,17,18,19). The van der Waals surface area contributed by atoms with Gasteiger partial charge < -0.3 is 10.6 Å². The molecule has 2 rings (SSSR count). The number of nitrogens with one attached hydrogen (secondary N) is 2. The third-order valence-electron chi connectivity index (χ3n) is 4.86. The van der Waals surface area contributed by atoms with Crippen molar-refractivity contribution < 1.29 is 0 Å². The summed E-state index contributed by atoms with van der Waals surface area (Å²) < 4.78 is 0. The molecule has 0 aromatic rings. The van der Waals surface area contributed by atoms with Crippen LogP contribution in [0.3, 0.4) is 0 Å². The zero-order valence-electron chi connectivity index (χ0n) is 13.9. The van der Waals surface area contributed by atoms with Crippen LogP contribution in [0.2, 0.25) is 0 Å². The number of aliphatic imine (C=N–C) groups is 1. The third-order valence-corrected chi connectivity index (χ3v) is 4.86. The Balaban J connectivity index is 1.81. The van der Waals surface area contributed by atoms with Gasteiger partial charge in [-0.2, -0.15) is 0 Å². The van der Waals surface area contributed by atoms with E-state index in [1.54, 1.807) is 0 Å². The van der Waals surface area contributed by atoms with Crippen LogP contribution < -0.4 is 10.6 Å². The second kappa shape index (κ2) is 6.33. The van der Waals surface area contributed by atoms with Gasteiger partial charge in [0.25, 0.3) is 0 Å². The minimum Gasteiger partial charge on any atom is -0.355 e. The van der Waals surface area contributed by atoms with Crippen molar-refractivity contribution in [1.29, 1.82) is 0 Å². The van der Waals surface area contributed by atoms with Crippen LogP contribution in [0, 0.1) is 11.8 Å². The fraction of sp³-hybridized carbons (Fsp3) is 0.938. The maximum absolute atomic E-state index is 4.34. The Morgan fingerprint density at radius 2 is 2.05 bits per heavy atom. The summed E-state index contributed by atoms with van der Waals surface area (Å²) in [6.07, 6.45) is 3.98. The highest BCUT2D eigenvalue weighted by Crippen LogP contribution is 2.28. The van der Waals surface area contributed by atoms with E-state index in [1.807, 2.05) is 7.05 Å². The second-order valence-electron chi connectivity index (χ2n) is 7.40. The van der Waals surface area contributed by atoms with Crippen LogP contribution in [0.5, 0.6) is 0 Å². The van der Waals surface area contributed by atoms with E-state index in [1.165, 1.54) is 32.4 Å². The first-order valence-electron chi connectivity index (χ1n) is 8.14. The fourth-order valence-electron chi connectivity index (χ4n) is 3.04. The summed E-state index contributed by atoms with van der Waals surface area (Å²) in [5.74, 6) is 2.58. The van der Waals surface area contributed by atoms with Crippen molar-refractivity contribution in [2.24, 2.45) is 16.8 Å². The Bertz CT molecular complexity index is 350. The molecule has 1 saturated carbocycles. The molecular weight excluding hydrogens is 248 g/mol. The molecule has 2 fully saturated rings. The number of rotatable bonds is 4. The summed E-state index contributed by atoms with van der Waals surface area (Å²) in [7, 11) is 1.86. The molecule has 2 N–H and O–H groups in total. The highest BCUT2D eigenvalue weighted by Gasteiger charge is 2.34. The number of guanidine groups is 1. The van der Waals surface area contributed by atoms with Gasteiger partial charge in [0.2, 0.25) is 0 Å². The van der Waals surface area contributed by atoms with Crippen molar-refractivity contribution in [3.8, 4) is 0 Å². The van der Waals surface area contributed by atoms with Gasteiger partial charge in [-0.05, 0) is 51.5 Å². The lowest BCUT2D eigenvalue weighted by Gasteiger charge is -2.43. The molecular formula is C16H32N4. The molecule has 1 aliphatic carbocycles. The number of hydrogen-bond donors (Lipinski definition) is 2. The SMILES string of the molecule is CN=C(NCC(C)(C)N1CCCC(C)C1)NC1CC1C. The van der Waals surface area contributed by atoms with Crippen molar-refractivity contribution in [2.45, 2.75) is 58.5 Å². The molecule has 20 heavy (non-hydrogen) atoms. The first kappa shape index (κ1) is 15.6. The maximum Gasteiger partial charge on any atom is 0.191 e. The first-order chi connectivity index (χ1) is 9.42. The first-order valence-corrected chi connectivity index (χ1v) is 8.14. The van der Waals surface area contributed by atoms with E-state index in [2.05, 4.69) is 48.2 Å². The average Bonchev–Trinajstić information content (AvgIpc) is 3.10. The van der Waals surface area contributed by atoms with E-state index in [-0.39, 0.29) is 5.54 Å². The van der Waals surface area contributed by atoms with Crippen LogP contribution in [-0.2, 0) is 0 Å². The molecule has 0 amide bonds. The minimum absolute atomic E-state index is 0.182. The Labute approximate surface area is 124 Å². The molecule has 0 bridgehead atoms. The summed E-state index contributed by atoms with van der Waals surface area (Å²) in [4.78, 5) is 6.97. The van der Waals surface area contributed by atoms with E-state index in [0.29, 0.717) is 6.04 Å². The largest absolute Gasteiger partial charge is 0.355 e. The van der Waals surface area contributed by atoms with Crippen LogP contribution in [0.15, 0.2) is 4.99 Å². The molecule has 1 heterocycles. The van der Waals surface area contributed by atoms with Gasteiger partial charge >= 0.3 is 0 Å². The van der Waals surface area contributed by atoms with Crippen molar-refractivity contribution in [1.82, 2.24) is 15.5 Å². The Hall–Kier alpha value is -0.770. The predicted octanol–water partition coefficient (Wildman–Crippen LogP) is 2.07. The minimum atomic E-state index is 0.182. The summed E-state index contributed by atoms with van der Waals surface area (Å²) in [5, 5.41) is 7.01. The molecule has 3 unspecified atom stereocenters. The average molecular weight is 280 g/mol.